The molecule has 0 aliphatic rings. The second kappa shape index (κ2) is 7.28. The van der Waals surface area contributed by atoms with Crippen LogP contribution in [0.25, 0.3) is 0 Å². The van der Waals surface area contributed by atoms with Crippen molar-refractivity contribution in [1.82, 2.24) is 10.3 Å². The molecule has 0 saturated carbocycles. The molecule has 2 aromatic rings. The maximum atomic E-state index is 12.1. The Bertz CT molecular complexity index is 555. The van der Waals surface area contributed by atoms with Crippen LogP contribution in [0, 0.1) is 0 Å². The normalized spacial score (nSPS) is 10.1. The number of benzene rings is 1. The largest absolute Gasteiger partial charge is 0.352 e. The highest BCUT2D eigenvalue weighted by Gasteiger charge is 2.11. The minimum absolute atomic E-state index is 0.0926. The first-order valence-corrected chi connectivity index (χ1v) is 6.86. The van der Waals surface area contributed by atoms with E-state index < -0.39 is 0 Å². The van der Waals surface area contributed by atoms with Gasteiger partial charge in [0.15, 0.2) is 0 Å². The summed E-state index contributed by atoms with van der Waals surface area (Å²) in [5.74, 6) is 0.484. The van der Waals surface area contributed by atoms with Crippen LogP contribution in [0.1, 0.15) is 30.1 Å². The van der Waals surface area contributed by atoms with Gasteiger partial charge in [0.05, 0.1) is 5.56 Å². The molecule has 0 radical (unpaired) electrons. The number of hydrogen-bond acceptors (Lipinski definition) is 3. The van der Waals surface area contributed by atoms with Gasteiger partial charge < -0.3 is 10.6 Å². The molecule has 0 bridgehead atoms. The number of amides is 1. The molecule has 0 aliphatic carbocycles. The van der Waals surface area contributed by atoms with Crippen LogP contribution in [0.4, 0.5) is 11.5 Å². The molecule has 20 heavy (non-hydrogen) atoms. The third kappa shape index (κ3) is 3.82. The number of unbranched alkanes of at least 4 members (excludes halogenated alkanes) is 1. The van der Waals surface area contributed by atoms with Gasteiger partial charge in [-0.25, -0.2) is 4.98 Å². The van der Waals surface area contributed by atoms with Crippen LogP contribution in [0.5, 0.6) is 0 Å². The molecule has 4 heteroatoms. The van der Waals surface area contributed by atoms with Crippen molar-refractivity contribution in [3.8, 4) is 0 Å². The fourth-order valence-corrected chi connectivity index (χ4v) is 1.82. The van der Waals surface area contributed by atoms with E-state index in [0.29, 0.717) is 17.9 Å². The van der Waals surface area contributed by atoms with E-state index in [2.05, 4.69) is 22.5 Å². The Morgan fingerprint density at radius 2 is 1.95 bits per heavy atom. The number of carbonyl (C=O) groups is 1. The Morgan fingerprint density at radius 3 is 2.70 bits per heavy atom. The van der Waals surface area contributed by atoms with Crippen molar-refractivity contribution >= 4 is 17.4 Å². The molecule has 0 aliphatic heterocycles. The lowest BCUT2D eigenvalue weighted by atomic mass is 10.2. The predicted molar refractivity (Wildman–Crippen MR) is 81.2 cm³/mol. The molecular formula is C16H19N3O. The highest BCUT2D eigenvalue weighted by molar-refractivity contribution is 5.99. The Morgan fingerprint density at radius 1 is 1.15 bits per heavy atom. The number of nitrogens with one attached hydrogen (secondary N) is 2. The summed E-state index contributed by atoms with van der Waals surface area (Å²) < 4.78 is 0. The minimum atomic E-state index is -0.0926. The number of rotatable bonds is 6. The summed E-state index contributed by atoms with van der Waals surface area (Å²) in [6.07, 6.45) is 3.71. The molecule has 1 aromatic carbocycles. The van der Waals surface area contributed by atoms with Crippen molar-refractivity contribution in [1.29, 1.82) is 0 Å². The first-order valence-electron chi connectivity index (χ1n) is 6.86. The summed E-state index contributed by atoms with van der Waals surface area (Å²) in [5, 5.41) is 6.08. The fraction of sp³-hybridized carbons (Fsp3) is 0.250. The van der Waals surface area contributed by atoms with Gasteiger partial charge in [-0.1, -0.05) is 31.5 Å². The van der Waals surface area contributed by atoms with Crippen LogP contribution in [0.15, 0.2) is 48.7 Å². The van der Waals surface area contributed by atoms with E-state index in [4.69, 9.17) is 0 Å². The zero-order valence-corrected chi connectivity index (χ0v) is 11.6. The first-order chi connectivity index (χ1) is 9.81. The molecule has 2 N–H and O–H groups in total. The Hall–Kier alpha value is -2.36. The molecule has 0 atom stereocenters. The second-order valence-electron chi connectivity index (χ2n) is 4.50. The molecule has 1 amide bonds. The lowest BCUT2D eigenvalue weighted by Gasteiger charge is -2.11. The van der Waals surface area contributed by atoms with Gasteiger partial charge in [-0.2, -0.15) is 0 Å². The van der Waals surface area contributed by atoms with E-state index in [-0.39, 0.29) is 5.91 Å². The summed E-state index contributed by atoms with van der Waals surface area (Å²) in [6.45, 7) is 2.79. The molecule has 1 heterocycles. The van der Waals surface area contributed by atoms with Crippen LogP contribution in [0.2, 0.25) is 0 Å². The Balaban J connectivity index is 2.11. The van der Waals surface area contributed by atoms with Gasteiger partial charge in [-0.15, -0.1) is 0 Å². The summed E-state index contributed by atoms with van der Waals surface area (Å²) in [5.41, 5.74) is 1.47. The van der Waals surface area contributed by atoms with Gasteiger partial charge in [0, 0.05) is 18.4 Å². The average molecular weight is 269 g/mol. The zero-order valence-electron chi connectivity index (χ0n) is 11.6. The lowest BCUT2D eigenvalue weighted by molar-refractivity contribution is 0.0953. The molecule has 4 nitrogen and oxygen atoms in total. The van der Waals surface area contributed by atoms with E-state index in [1.807, 2.05) is 30.3 Å². The summed E-state index contributed by atoms with van der Waals surface area (Å²) >= 11 is 0. The van der Waals surface area contributed by atoms with Crippen LogP contribution in [-0.2, 0) is 0 Å². The van der Waals surface area contributed by atoms with Crippen molar-refractivity contribution in [3.63, 3.8) is 0 Å². The van der Waals surface area contributed by atoms with Crippen molar-refractivity contribution < 1.29 is 4.79 Å². The standard InChI is InChI=1S/C16H19N3O/c1-2-3-11-18-16(20)14-10-7-12-17-15(14)19-13-8-5-4-6-9-13/h4-10,12H,2-3,11H2,1H3,(H,17,19)(H,18,20). The van der Waals surface area contributed by atoms with Crippen molar-refractivity contribution in [2.45, 2.75) is 19.8 Å². The summed E-state index contributed by atoms with van der Waals surface area (Å²) in [4.78, 5) is 16.4. The highest BCUT2D eigenvalue weighted by atomic mass is 16.1. The first kappa shape index (κ1) is 14.1. The third-order valence-electron chi connectivity index (χ3n) is 2.90. The number of pyridine rings is 1. The van der Waals surface area contributed by atoms with E-state index >= 15 is 0 Å². The quantitative estimate of drug-likeness (QED) is 0.791. The highest BCUT2D eigenvalue weighted by Crippen LogP contribution is 2.17. The predicted octanol–water partition coefficient (Wildman–Crippen LogP) is 3.36. The number of hydrogen-bond donors (Lipinski definition) is 2. The van der Waals surface area contributed by atoms with Gasteiger partial charge in [-0.05, 0) is 30.7 Å². The van der Waals surface area contributed by atoms with Gasteiger partial charge in [0.25, 0.3) is 5.91 Å². The van der Waals surface area contributed by atoms with Gasteiger partial charge in [0.1, 0.15) is 5.82 Å². The van der Waals surface area contributed by atoms with Crippen LogP contribution >= 0.6 is 0 Å². The Labute approximate surface area is 119 Å². The maximum Gasteiger partial charge on any atom is 0.255 e. The smallest absolute Gasteiger partial charge is 0.255 e. The van der Waals surface area contributed by atoms with Crippen molar-refractivity contribution in [3.05, 3.63) is 54.2 Å². The van der Waals surface area contributed by atoms with E-state index in [0.717, 1.165) is 18.5 Å². The molecule has 0 spiro atoms. The van der Waals surface area contributed by atoms with Crippen molar-refractivity contribution in [2.75, 3.05) is 11.9 Å². The van der Waals surface area contributed by atoms with Crippen molar-refractivity contribution in [2.24, 2.45) is 0 Å². The van der Waals surface area contributed by atoms with Crippen LogP contribution in [0.3, 0.4) is 0 Å². The lowest BCUT2D eigenvalue weighted by Crippen LogP contribution is -2.25. The molecule has 0 unspecified atom stereocenters. The molecule has 1 aromatic heterocycles. The molecule has 0 saturated heterocycles. The maximum absolute atomic E-state index is 12.1. The van der Waals surface area contributed by atoms with Gasteiger partial charge in [-0.3, -0.25) is 4.79 Å². The molecule has 0 fully saturated rings. The van der Waals surface area contributed by atoms with E-state index in [9.17, 15) is 4.79 Å². The van der Waals surface area contributed by atoms with Gasteiger partial charge in [0.2, 0.25) is 0 Å². The topological polar surface area (TPSA) is 54.0 Å². The summed E-state index contributed by atoms with van der Waals surface area (Å²) in [6, 6.07) is 13.2. The Kier molecular flexibility index (Phi) is 5.12. The van der Waals surface area contributed by atoms with Crippen LogP contribution in [-0.4, -0.2) is 17.4 Å². The third-order valence-corrected chi connectivity index (χ3v) is 2.90. The average Bonchev–Trinajstić information content (AvgIpc) is 2.49. The molecule has 104 valence electrons. The number of para-hydroxylation sites is 1. The van der Waals surface area contributed by atoms with E-state index in [1.54, 1.807) is 18.3 Å². The fourth-order valence-electron chi connectivity index (χ4n) is 1.82. The second-order valence-corrected chi connectivity index (χ2v) is 4.50. The number of anilines is 2. The molecule has 2 rings (SSSR count). The van der Waals surface area contributed by atoms with Gasteiger partial charge >= 0.3 is 0 Å². The monoisotopic (exact) mass is 269 g/mol. The SMILES string of the molecule is CCCCNC(=O)c1cccnc1Nc1ccccc1. The minimum Gasteiger partial charge on any atom is -0.352 e. The van der Waals surface area contributed by atoms with Crippen LogP contribution < -0.4 is 10.6 Å². The summed E-state index contributed by atoms with van der Waals surface area (Å²) in [7, 11) is 0. The zero-order chi connectivity index (χ0) is 14.2. The number of aromatic nitrogens is 1. The van der Waals surface area contributed by atoms with E-state index in [1.165, 1.54) is 0 Å². The number of carbonyl (C=O) groups excluding carboxylic acids is 1. The molecular weight excluding hydrogens is 250 g/mol. The number of nitrogens with zero attached hydrogens (tertiary/aromatic N) is 1.